The quantitative estimate of drug-likeness (QED) is 0.708. The Balaban J connectivity index is 1.83. The predicted octanol–water partition coefficient (Wildman–Crippen LogP) is 5.17. The van der Waals surface area contributed by atoms with Gasteiger partial charge < -0.3 is 10.6 Å². The third kappa shape index (κ3) is 3.68. The molecule has 0 heterocycles. The van der Waals surface area contributed by atoms with Crippen LogP contribution in [0.15, 0.2) is 46.9 Å². The Morgan fingerprint density at radius 1 is 1.08 bits per heavy atom. The molecule has 0 aromatic heterocycles. The molecule has 1 fully saturated rings. The van der Waals surface area contributed by atoms with Gasteiger partial charge in [0.1, 0.15) is 0 Å². The SMILES string of the molecule is CCC(=O)Nc1ccc(C)c(NC(=O)C2(c3ccc(Br)cc3)CCC2)c1. The van der Waals surface area contributed by atoms with E-state index in [1.165, 1.54) is 0 Å². The lowest BCUT2D eigenvalue weighted by atomic mass is 9.64. The maximum Gasteiger partial charge on any atom is 0.235 e. The van der Waals surface area contributed by atoms with E-state index < -0.39 is 5.41 Å². The molecule has 5 heteroatoms. The first-order chi connectivity index (χ1) is 12.4. The zero-order valence-electron chi connectivity index (χ0n) is 15.1. The lowest BCUT2D eigenvalue weighted by Crippen LogP contribution is -2.46. The van der Waals surface area contributed by atoms with Crippen molar-refractivity contribution in [3.8, 4) is 0 Å². The Morgan fingerprint density at radius 3 is 2.35 bits per heavy atom. The van der Waals surface area contributed by atoms with E-state index in [0.717, 1.165) is 40.5 Å². The van der Waals surface area contributed by atoms with Crippen molar-refractivity contribution in [3.63, 3.8) is 0 Å². The van der Waals surface area contributed by atoms with Gasteiger partial charge in [-0.2, -0.15) is 0 Å². The van der Waals surface area contributed by atoms with Crippen molar-refractivity contribution in [1.29, 1.82) is 0 Å². The van der Waals surface area contributed by atoms with Crippen molar-refractivity contribution < 1.29 is 9.59 Å². The van der Waals surface area contributed by atoms with Crippen LogP contribution in [0.25, 0.3) is 0 Å². The number of aryl methyl sites for hydroxylation is 1. The largest absolute Gasteiger partial charge is 0.326 e. The van der Waals surface area contributed by atoms with Gasteiger partial charge in [-0.3, -0.25) is 9.59 Å². The molecule has 3 rings (SSSR count). The molecule has 0 atom stereocenters. The van der Waals surface area contributed by atoms with Crippen molar-refractivity contribution in [2.75, 3.05) is 10.6 Å². The lowest BCUT2D eigenvalue weighted by Gasteiger charge is -2.41. The number of nitrogens with one attached hydrogen (secondary N) is 2. The molecule has 2 amide bonds. The number of anilines is 2. The van der Waals surface area contributed by atoms with Gasteiger partial charge >= 0.3 is 0 Å². The van der Waals surface area contributed by atoms with Gasteiger partial charge in [-0.1, -0.05) is 47.5 Å². The van der Waals surface area contributed by atoms with E-state index in [1.54, 1.807) is 0 Å². The van der Waals surface area contributed by atoms with Crippen LogP contribution >= 0.6 is 15.9 Å². The van der Waals surface area contributed by atoms with Crippen LogP contribution in [0.4, 0.5) is 11.4 Å². The lowest BCUT2D eigenvalue weighted by molar-refractivity contribution is -0.124. The van der Waals surface area contributed by atoms with Crippen LogP contribution in [0.5, 0.6) is 0 Å². The molecule has 2 aromatic rings. The number of hydrogen-bond acceptors (Lipinski definition) is 2. The van der Waals surface area contributed by atoms with E-state index >= 15 is 0 Å². The van der Waals surface area contributed by atoms with E-state index in [4.69, 9.17) is 0 Å². The van der Waals surface area contributed by atoms with E-state index in [1.807, 2.05) is 56.3 Å². The molecular formula is C21H23BrN2O2. The van der Waals surface area contributed by atoms with Crippen LogP contribution in [0.2, 0.25) is 0 Å². The normalized spacial score (nSPS) is 15.0. The number of amides is 2. The standard InChI is InChI=1S/C21H23BrN2O2/c1-3-19(25)23-17-10-5-14(2)18(13-17)24-20(26)21(11-4-12-21)15-6-8-16(22)9-7-15/h5-10,13H,3-4,11-12H2,1-2H3,(H,23,25)(H,24,26). The molecule has 0 saturated heterocycles. The van der Waals surface area contributed by atoms with Gasteiger partial charge in [0.15, 0.2) is 0 Å². The number of benzene rings is 2. The van der Waals surface area contributed by atoms with Crippen LogP contribution in [-0.2, 0) is 15.0 Å². The van der Waals surface area contributed by atoms with Gasteiger partial charge in [0.25, 0.3) is 0 Å². The fraction of sp³-hybridized carbons (Fsp3) is 0.333. The van der Waals surface area contributed by atoms with Crippen molar-refractivity contribution in [2.45, 2.75) is 44.9 Å². The molecule has 4 nitrogen and oxygen atoms in total. The maximum absolute atomic E-state index is 13.1. The van der Waals surface area contributed by atoms with Crippen molar-refractivity contribution >= 4 is 39.1 Å². The van der Waals surface area contributed by atoms with Gasteiger partial charge in [0.2, 0.25) is 11.8 Å². The summed E-state index contributed by atoms with van der Waals surface area (Å²) in [7, 11) is 0. The second kappa shape index (κ2) is 7.62. The number of carbonyl (C=O) groups is 2. The van der Waals surface area contributed by atoms with Crippen LogP contribution in [0.3, 0.4) is 0 Å². The number of rotatable bonds is 5. The highest BCUT2D eigenvalue weighted by molar-refractivity contribution is 9.10. The fourth-order valence-electron chi connectivity index (χ4n) is 3.27. The molecule has 26 heavy (non-hydrogen) atoms. The fourth-order valence-corrected chi connectivity index (χ4v) is 3.54. The number of halogens is 1. The summed E-state index contributed by atoms with van der Waals surface area (Å²) in [5.74, 6) is -0.0235. The molecule has 0 spiro atoms. The molecule has 2 aromatic carbocycles. The summed E-state index contributed by atoms with van der Waals surface area (Å²) < 4.78 is 1.01. The minimum Gasteiger partial charge on any atom is -0.326 e. The van der Waals surface area contributed by atoms with E-state index in [-0.39, 0.29) is 11.8 Å². The first-order valence-electron chi connectivity index (χ1n) is 8.92. The predicted molar refractivity (Wildman–Crippen MR) is 108 cm³/mol. The zero-order chi connectivity index (χ0) is 18.7. The smallest absolute Gasteiger partial charge is 0.235 e. The van der Waals surface area contributed by atoms with Gasteiger partial charge in [-0.05, 0) is 55.2 Å². The zero-order valence-corrected chi connectivity index (χ0v) is 16.7. The molecule has 1 aliphatic rings. The van der Waals surface area contributed by atoms with Crippen molar-refractivity contribution in [2.24, 2.45) is 0 Å². The van der Waals surface area contributed by atoms with Crippen LogP contribution < -0.4 is 10.6 Å². The second-order valence-electron chi connectivity index (χ2n) is 6.83. The van der Waals surface area contributed by atoms with Gasteiger partial charge in [0.05, 0.1) is 5.41 Å². The third-order valence-corrected chi connectivity index (χ3v) is 5.66. The molecule has 1 saturated carbocycles. The molecule has 1 aliphatic carbocycles. The summed E-state index contributed by atoms with van der Waals surface area (Å²) in [6, 6.07) is 13.6. The molecular weight excluding hydrogens is 392 g/mol. The van der Waals surface area contributed by atoms with Crippen LogP contribution in [-0.4, -0.2) is 11.8 Å². The second-order valence-corrected chi connectivity index (χ2v) is 7.74. The summed E-state index contributed by atoms with van der Waals surface area (Å²) in [4.78, 5) is 24.8. The average molecular weight is 415 g/mol. The van der Waals surface area contributed by atoms with Crippen LogP contribution in [0.1, 0.15) is 43.7 Å². The Labute approximate surface area is 162 Å². The Bertz CT molecular complexity index is 826. The van der Waals surface area contributed by atoms with Gasteiger partial charge in [0, 0.05) is 22.3 Å². The van der Waals surface area contributed by atoms with Crippen molar-refractivity contribution in [1.82, 2.24) is 0 Å². The molecule has 136 valence electrons. The van der Waals surface area contributed by atoms with E-state index in [0.29, 0.717) is 12.1 Å². The topological polar surface area (TPSA) is 58.2 Å². The molecule has 0 bridgehead atoms. The highest BCUT2D eigenvalue weighted by Crippen LogP contribution is 2.45. The molecule has 0 aliphatic heterocycles. The monoisotopic (exact) mass is 414 g/mol. The molecule has 2 N–H and O–H groups in total. The average Bonchev–Trinajstić information content (AvgIpc) is 2.58. The summed E-state index contributed by atoms with van der Waals surface area (Å²) >= 11 is 3.45. The molecule has 0 unspecified atom stereocenters. The Morgan fingerprint density at radius 2 is 1.77 bits per heavy atom. The first kappa shape index (κ1) is 18.6. The summed E-state index contributed by atoms with van der Waals surface area (Å²) in [6.07, 6.45) is 3.18. The third-order valence-electron chi connectivity index (χ3n) is 5.13. The van der Waals surface area contributed by atoms with Crippen molar-refractivity contribution in [3.05, 3.63) is 58.1 Å². The molecule has 0 radical (unpaired) electrons. The Hall–Kier alpha value is -2.14. The number of carbonyl (C=O) groups excluding carboxylic acids is 2. The van der Waals surface area contributed by atoms with Gasteiger partial charge in [-0.15, -0.1) is 0 Å². The van der Waals surface area contributed by atoms with Crippen LogP contribution in [0, 0.1) is 6.92 Å². The first-order valence-corrected chi connectivity index (χ1v) is 9.72. The highest BCUT2D eigenvalue weighted by Gasteiger charge is 2.45. The number of hydrogen-bond donors (Lipinski definition) is 2. The highest BCUT2D eigenvalue weighted by atomic mass is 79.9. The summed E-state index contributed by atoms with van der Waals surface area (Å²) in [5.41, 5.74) is 3.00. The Kier molecular flexibility index (Phi) is 5.47. The minimum absolute atomic E-state index is 0.0214. The van der Waals surface area contributed by atoms with E-state index in [9.17, 15) is 9.59 Å². The van der Waals surface area contributed by atoms with E-state index in [2.05, 4.69) is 26.6 Å². The van der Waals surface area contributed by atoms with Gasteiger partial charge in [-0.25, -0.2) is 0 Å². The maximum atomic E-state index is 13.1. The minimum atomic E-state index is -0.462. The summed E-state index contributed by atoms with van der Waals surface area (Å²) in [6.45, 7) is 3.76. The summed E-state index contributed by atoms with van der Waals surface area (Å²) in [5, 5.41) is 5.94.